The van der Waals surface area contributed by atoms with Crippen LogP contribution in [-0.2, 0) is 6.54 Å². The molecule has 0 bridgehead atoms. The number of hydrogen-bond donors (Lipinski definition) is 1. The van der Waals surface area contributed by atoms with E-state index in [4.69, 9.17) is 27.6 Å². The highest BCUT2D eigenvalue weighted by molar-refractivity contribution is 6.44. The summed E-state index contributed by atoms with van der Waals surface area (Å²) >= 11 is 12.0. The third-order valence-corrected chi connectivity index (χ3v) is 3.56. The summed E-state index contributed by atoms with van der Waals surface area (Å²) in [5.74, 6) is 0.908. The minimum Gasteiger partial charge on any atom is -0.458 e. The smallest absolute Gasteiger partial charge is 0.154 e. The maximum Gasteiger partial charge on any atom is 0.154 e. The average Bonchev–Trinajstić information content (AvgIpc) is 3.01. The Morgan fingerprint density at radius 1 is 1.31 bits per heavy atom. The maximum atomic E-state index is 6.07. The van der Waals surface area contributed by atoms with Crippen molar-refractivity contribution in [3.8, 4) is 0 Å². The lowest BCUT2D eigenvalue weighted by Crippen LogP contribution is -2.14. The molecule has 84 valence electrons. The Labute approximate surface area is 104 Å². The van der Waals surface area contributed by atoms with Gasteiger partial charge in [-0.3, -0.25) is 0 Å². The fourth-order valence-corrected chi connectivity index (χ4v) is 2.08. The molecule has 1 aliphatic carbocycles. The normalized spacial score (nSPS) is 15.9. The molecule has 1 aromatic carbocycles. The summed E-state index contributed by atoms with van der Waals surface area (Å²) in [6.07, 6.45) is 2.54. The van der Waals surface area contributed by atoms with E-state index in [-0.39, 0.29) is 0 Å². The third kappa shape index (κ3) is 1.93. The first-order valence-corrected chi connectivity index (χ1v) is 6.09. The summed E-state index contributed by atoms with van der Waals surface area (Å²) in [5.41, 5.74) is 0.682. The Morgan fingerprint density at radius 2 is 2.12 bits per heavy atom. The van der Waals surface area contributed by atoms with Crippen molar-refractivity contribution in [2.24, 2.45) is 0 Å². The van der Waals surface area contributed by atoms with Crippen LogP contribution in [0.4, 0.5) is 0 Å². The highest BCUT2D eigenvalue weighted by Gasteiger charge is 2.20. The van der Waals surface area contributed by atoms with Crippen LogP contribution in [-0.4, -0.2) is 6.04 Å². The lowest BCUT2D eigenvalue weighted by molar-refractivity contribution is 0.512. The predicted molar refractivity (Wildman–Crippen MR) is 66.1 cm³/mol. The van der Waals surface area contributed by atoms with E-state index in [9.17, 15) is 0 Å². The van der Waals surface area contributed by atoms with Crippen LogP contribution in [0.1, 0.15) is 18.6 Å². The van der Waals surface area contributed by atoms with Gasteiger partial charge in [0.05, 0.1) is 11.6 Å². The number of rotatable bonds is 3. The van der Waals surface area contributed by atoms with E-state index in [1.165, 1.54) is 12.8 Å². The van der Waals surface area contributed by atoms with Gasteiger partial charge in [0, 0.05) is 11.4 Å². The van der Waals surface area contributed by atoms with Crippen molar-refractivity contribution >= 4 is 34.2 Å². The number of benzene rings is 1. The van der Waals surface area contributed by atoms with E-state index in [1.54, 1.807) is 6.07 Å². The Bertz CT molecular complexity index is 531. The van der Waals surface area contributed by atoms with Crippen molar-refractivity contribution < 1.29 is 4.42 Å². The van der Waals surface area contributed by atoms with E-state index in [0.29, 0.717) is 21.7 Å². The van der Waals surface area contributed by atoms with Crippen molar-refractivity contribution in [3.05, 3.63) is 34.0 Å². The van der Waals surface area contributed by atoms with Crippen LogP contribution in [0, 0.1) is 0 Å². The van der Waals surface area contributed by atoms with Gasteiger partial charge >= 0.3 is 0 Å². The summed E-state index contributed by atoms with van der Waals surface area (Å²) in [6, 6.07) is 6.40. The van der Waals surface area contributed by atoms with Gasteiger partial charge in [-0.05, 0) is 31.0 Å². The number of furan rings is 1. The lowest BCUT2D eigenvalue weighted by Gasteiger charge is -1.97. The third-order valence-electron chi connectivity index (χ3n) is 2.77. The summed E-state index contributed by atoms with van der Waals surface area (Å²) in [7, 11) is 0. The fraction of sp³-hybridized carbons (Fsp3) is 0.333. The van der Waals surface area contributed by atoms with E-state index < -0.39 is 0 Å². The highest BCUT2D eigenvalue weighted by Crippen LogP contribution is 2.33. The molecule has 0 spiro atoms. The minimum atomic E-state index is 0.497. The molecule has 0 atom stereocenters. The molecule has 1 aromatic heterocycles. The summed E-state index contributed by atoms with van der Waals surface area (Å²) in [5, 5.41) is 5.43. The first kappa shape index (κ1) is 10.5. The minimum absolute atomic E-state index is 0.497. The molecular weight excluding hydrogens is 245 g/mol. The van der Waals surface area contributed by atoms with Crippen molar-refractivity contribution in [2.45, 2.75) is 25.4 Å². The topological polar surface area (TPSA) is 25.2 Å². The van der Waals surface area contributed by atoms with Crippen molar-refractivity contribution in [3.63, 3.8) is 0 Å². The Morgan fingerprint density at radius 3 is 2.88 bits per heavy atom. The number of nitrogens with one attached hydrogen (secondary N) is 1. The van der Waals surface area contributed by atoms with Gasteiger partial charge in [-0.1, -0.05) is 23.2 Å². The number of halogens is 2. The molecule has 0 amide bonds. The quantitative estimate of drug-likeness (QED) is 0.898. The summed E-state index contributed by atoms with van der Waals surface area (Å²) < 4.78 is 5.68. The first-order chi connectivity index (χ1) is 7.74. The standard InChI is InChI=1S/C12H11Cl2NO/c13-10-4-1-7-5-9(6-15-8-2-3-8)16-12(7)11(10)14/h1,4-5,8,15H,2-3,6H2. The van der Waals surface area contributed by atoms with Crippen LogP contribution < -0.4 is 5.32 Å². The molecule has 1 aliphatic rings. The van der Waals surface area contributed by atoms with Crippen LogP contribution in [0.15, 0.2) is 22.6 Å². The van der Waals surface area contributed by atoms with Gasteiger partial charge in [-0.25, -0.2) is 0 Å². The van der Waals surface area contributed by atoms with E-state index >= 15 is 0 Å². The predicted octanol–water partition coefficient (Wildman–Crippen LogP) is 3.99. The molecule has 4 heteroatoms. The van der Waals surface area contributed by atoms with Gasteiger partial charge < -0.3 is 9.73 Å². The second-order valence-corrected chi connectivity index (χ2v) is 4.93. The monoisotopic (exact) mass is 255 g/mol. The van der Waals surface area contributed by atoms with Crippen LogP contribution in [0.25, 0.3) is 11.0 Å². The second kappa shape index (κ2) is 3.95. The zero-order valence-electron chi connectivity index (χ0n) is 8.59. The molecule has 1 heterocycles. The van der Waals surface area contributed by atoms with Gasteiger partial charge in [0.1, 0.15) is 10.8 Å². The van der Waals surface area contributed by atoms with Gasteiger partial charge in [0.15, 0.2) is 5.58 Å². The van der Waals surface area contributed by atoms with Gasteiger partial charge in [-0.2, -0.15) is 0 Å². The van der Waals surface area contributed by atoms with E-state index in [1.807, 2.05) is 12.1 Å². The molecule has 0 radical (unpaired) electrons. The van der Waals surface area contributed by atoms with Crippen molar-refractivity contribution in [2.75, 3.05) is 0 Å². The van der Waals surface area contributed by atoms with E-state index in [2.05, 4.69) is 5.32 Å². The zero-order chi connectivity index (χ0) is 11.1. The average molecular weight is 256 g/mol. The molecular formula is C12H11Cl2NO. The SMILES string of the molecule is Clc1ccc2cc(CNC3CC3)oc2c1Cl. The fourth-order valence-electron chi connectivity index (χ4n) is 1.72. The molecule has 0 unspecified atom stereocenters. The molecule has 1 saturated carbocycles. The highest BCUT2D eigenvalue weighted by atomic mass is 35.5. The van der Waals surface area contributed by atoms with Crippen LogP contribution in [0.2, 0.25) is 10.0 Å². The molecule has 2 nitrogen and oxygen atoms in total. The number of fused-ring (bicyclic) bond motifs is 1. The molecule has 1 fully saturated rings. The molecule has 3 rings (SSSR count). The van der Waals surface area contributed by atoms with E-state index in [0.717, 1.165) is 17.7 Å². The molecule has 0 saturated heterocycles. The summed E-state index contributed by atoms with van der Waals surface area (Å²) in [4.78, 5) is 0. The second-order valence-electron chi connectivity index (χ2n) is 4.15. The van der Waals surface area contributed by atoms with Crippen molar-refractivity contribution in [1.29, 1.82) is 0 Å². The van der Waals surface area contributed by atoms with Crippen molar-refractivity contribution in [1.82, 2.24) is 5.32 Å². The molecule has 0 aliphatic heterocycles. The first-order valence-electron chi connectivity index (χ1n) is 5.34. The molecule has 2 aromatic rings. The largest absolute Gasteiger partial charge is 0.458 e. The lowest BCUT2D eigenvalue weighted by atomic mass is 10.2. The zero-order valence-corrected chi connectivity index (χ0v) is 10.1. The number of hydrogen-bond acceptors (Lipinski definition) is 2. The maximum absolute atomic E-state index is 6.07. The molecule has 16 heavy (non-hydrogen) atoms. The van der Waals surface area contributed by atoms with Crippen LogP contribution in [0.5, 0.6) is 0 Å². The Kier molecular flexibility index (Phi) is 2.58. The molecule has 1 N–H and O–H groups in total. The Hall–Kier alpha value is -0.700. The van der Waals surface area contributed by atoms with Crippen LogP contribution >= 0.6 is 23.2 Å². The van der Waals surface area contributed by atoms with Gasteiger partial charge in [0.25, 0.3) is 0 Å². The summed E-state index contributed by atoms with van der Waals surface area (Å²) in [6.45, 7) is 0.757. The van der Waals surface area contributed by atoms with Crippen LogP contribution in [0.3, 0.4) is 0 Å². The van der Waals surface area contributed by atoms with Gasteiger partial charge in [0.2, 0.25) is 0 Å². The Balaban J connectivity index is 1.91. The van der Waals surface area contributed by atoms with Gasteiger partial charge in [-0.15, -0.1) is 0 Å².